The summed E-state index contributed by atoms with van der Waals surface area (Å²) in [6.45, 7) is 8.04. The Morgan fingerprint density at radius 3 is 2.52 bits per heavy atom. The van der Waals surface area contributed by atoms with Crippen LogP contribution in [0.5, 0.6) is 0 Å². The number of hydrogen-bond donors (Lipinski definition) is 0. The Bertz CT molecular complexity index is 375. The normalized spacial score (nSPS) is 40.5. The fourth-order valence-electron chi connectivity index (χ4n) is 3.90. The molecule has 5 atom stereocenters. The zero-order valence-electron chi connectivity index (χ0n) is 13.4. The lowest BCUT2D eigenvalue weighted by molar-refractivity contribution is -0.159. The van der Waals surface area contributed by atoms with Crippen LogP contribution in [0.15, 0.2) is 0 Å². The minimum absolute atomic E-state index is 0.00172. The highest BCUT2D eigenvalue weighted by molar-refractivity contribution is 5.76. The van der Waals surface area contributed by atoms with E-state index in [2.05, 4.69) is 20.8 Å². The van der Waals surface area contributed by atoms with Gasteiger partial charge in [-0.25, -0.2) is 0 Å². The van der Waals surface area contributed by atoms with Gasteiger partial charge in [-0.1, -0.05) is 27.2 Å². The highest BCUT2D eigenvalue weighted by Crippen LogP contribution is 2.46. The van der Waals surface area contributed by atoms with Crippen LogP contribution >= 0.6 is 0 Å². The van der Waals surface area contributed by atoms with Gasteiger partial charge < -0.3 is 14.2 Å². The SMILES string of the molecule is CC1CCC(C(C)C)C(OC(=O)C2CC2C2OCCO2)C1. The molecule has 4 nitrogen and oxygen atoms in total. The third-order valence-corrected chi connectivity index (χ3v) is 5.37. The van der Waals surface area contributed by atoms with Crippen LogP contribution in [0.25, 0.3) is 0 Å². The summed E-state index contributed by atoms with van der Waals surface area (Å²) in [6, 6.07) is 0. The largest absolute Gasteiger partial charge is 0.462 e. The zero-order valence-corrected chi connectivity index (χ0v) is 13.4. The van der Waals surface area contributed by atoms with Crippen molar-refractivity contribution in [1.82, 2.24) is 0 Å². The van der Waals surface area contributed by atoms with Crippen molar-refractivity contribution in [1.29, 1.82) is 0 Å². The van der Waals surface area contributed by atoms with Gasteiger partial charge in [0.2, 0.25) is 0 Å². The van der Waals surface area contributed by atoms with Crippen molar-refractivity contribution < 1.29 is 19.0 Å². The number of ether oxygens (including phenoxy) is 3. The molecule has 1 saturated heterocycles. The molecular weight excluding hydrogens is 268 g/mol. The summed E-state index contributed by atoms with van der Waals surface area (Å²) < 4.78 is 16.9. The summed E-state index contributed by atoms with van der Waals surface area (Å²) in [5, 5.41) is 0. The van der Waals surface area contributed by atoms with Crippen LogP contribution in [0.2, 0.25) is 0 Å². The maximum absolute atomic E-state index is 12.4. The lowest BCUT2D eigenvalue weighted by Crippen LogP contribution is -2.36. The van der Waals surface area contributed by atoms with Gasteiger partial charge in [-0.05, 0) is 37.0 Å². The van der Waals surface area contributed by atoms with E-state index in [0.717, 1.165) is 12.8 Å². The fourth-order valence-corrected chi connectivity index (χ4v) is 3.90. The van der Waals surface area contributed by atoms with Gasteiger partial charge in [-0.2, -0.15) is 0 Å². The molecule has 0 amide bonds. The summed E-state index contributed by atoms with van der Waals surface area (Å²) in [5.74, 6) is 1.95. The van der Waals surface area contributed by atoms with Crippen LogP contribution in [0.1, 0.15) is 46.5 Å². The molecule has 5 unspecified atom stereocenters. The molecule has 1 aliphatic heterocycles. The molecule has 0 spiro atoms. The van der Waals surface area contributed by atoms with E-state index in [1.807, 2.05) is 0 Å². The standard InChI is InChI=1S/C17H28O4/c1-10(2)12-5-4-11(3)8-15(12)21-16(18)13-9-14(13)17-19-6-7-20-17/h10-15,17H,4-9H2,1-3H3. The quantitative estimate of drug-likeness (QED) is 0.748. The van der Waals surface area contributed by atoms with Crippen LogP contribution in [0.4, 0.5) is 0 Å². The van der Waals surface area contributed by atoms with E-state index < -0.39 is 0 Å². The molecule has 0 radical (unpaired) electrons. The minimum atomic E-state index is -0.172. The Kier molecular flexibility index (Phi) is 4.55. The topological polar surface area (TPSA) is 44.8 Å². The van der Waals surface area contributed by atoms with Crippen molar-refractivity contribution in [2.24, 2.45) is 29.6 Å². The molecule has 4 heteroatoms. The van der Waals surface area contributed by atoms with Gasteiger partial charge >= 0.3 is 5.97 Å². The van der Waals surface area contributed by atoms with Gasteiger partial charge in [0, 0.05) is 5.92 Å². The molecule has 0 N–H and O–H groups in total. The zero-order chi connectivity index (χ0) is 15.0. The number of rotatable bonds is 4. The summed E-state index contributed by atoms with van der Waals surface area (Å²) >= 11 is 0. The van der Waals surface area contributed by atoms with E-state index in [-0.39, 0.29) is 30.2 Å². The maximum Gasteiger partial charge on any atom is 0.309 e. The van der Waals surface area contributed by atoms with Crippen molar-refractivity contribution in [2.45, 2.75) is 58.8 Å². The lowest BCUT2D eigenvalue weighted by atomic mass is 9.75. The fraction of sp³-hybridized carbons (Fsp3) is 0.941. The van der Waals surface area contributed by atoms with Crippen molar-refractivity contribution in [2.75, 3.05) is 13.2 Å². The number of esters is 1. The molecule has 2 aliphatic carbocycles. The smallest absolute Gasteiger partial charge is 0.309 e. The number of carbonyl (C=O) groups excluding carboxylic acids is 1. The number of hydrogen-bond acceptors (Lipinski definition) is 4. The van der Waals surface area contributed by atoms with E-state index in [0.29, 0.717) is 31.0 Å². The summed E-state index contributed by atoms with van der Waals surface area (Å²) in [4.78, 5) is 12.4. The van der Waals surface area contributed by atoms with E-state index in [9.17, 15) is 4.79 Å². The lowest BCUT2D eigenvalue weighted by Gasteiger charge is -2.36. The Labute approximate surface area is 127 Å². The molecule has 0 bridgehead atoms. The van der Waals surface area contributed by atoms with Gasteiger partial charge in [-0.3, -0.25) is 4.79 Å². The van der Waals surface area contributed by atoms with Gasteiger partial charge in [-0.15, -0.1) is 0 Å². The van der Waals surface area contributed by atoms with Gasteiger partial charge in [0.25, 0.3) is 0 Å². The first-order valence-electron chi connectivity index (χ1n) is 8.50. The van der Waals surface area contributed by atoms with E-state index in [4.69, 9.17) is 14.2 Å². The number of carbonyl (C=O) groups is 1. The van der Waals surface area contributed by atoms with Crippen molar-refractivity contribution in [3.63, 3.8) is 0 Å². The van der Waals surface area contributed by atoms with E-state index in [1.54, 1.807) is 0 Å². The van der Waals surface area contributed by atoms with E-state index >= 15 is 0 Å². The second-order valence-corrected chi connectivity index (χ2v) is 7.42. The summed E-state index contributed by atoms with van der Waals surface area (Å²) in [6.07, 6.45) is 4.24. The molecule has 0 aromatic rings. The Morgan fingerprint density at radius 2 is 1.86 bits per heavy atom. The maximum atomic E-state index is 12.4. The Hall–Kier alpha value is -0.610. The molecule has 0 aromatic carbocycles. The van der Waals surface area contributed by atoms with Crippen LogP contribution in [-0.2, 0) is 19.0 Å². The molecule has 3 fully saturated rings. The molecule has 1 heterocycles. The van der Waals surface area contributed by atoms with Gasteiger partial charge in [0.1, 0.15) is 6.10 Å². The van der Waals surface area contributed by atoms with Crippen LogP contribution in [0.3, 0.4) is 0 Å². The van der Waals surface area contributed by atoms with Crippen LogP contribution < -0.4 is 0 Å². The first-order valence-corrected chi connectivity index (χ1v) is 8.50. The predicted octanol–water partition coefficient (Wildman–Crippen LogP) is 3.00. The van der Waals surface area contributed by atoms with Crippen molar-refractivity contribution in [3.8, 4) is 0 Å². The highest BCUT2D eigenvalue weighted by atomic mass is 16.7. The average Bonchev–Trinajstić information content (AvgIpc) is 3.05. The van der Waals surface area contributed by atoms with Crippen molar-refractivity contribution >= 4 is 5.97 Å². The Balaban J connectivity index is 1.53. The average molecular weight is 296 g/mol. The highest BCUT2D eigenvalue weighted by Gasteiger charge is 2.52. The second-order valence-electron chi connectivity index (χ2n) is 7.42. The third kappa shape index (κ3) is 3.42. The molecule has 2 saturated carbocycles. The first-order chi connectivity index (χ1) is 10.1. The molecule has 0 aromatic heterocycles. The molecule has 3 aliphatic rings. The minimum Gasteiger partial charge on any atom is -0.462 e. The van der Waals surface area contributed by atoms with E-state index in [1.165, 1.54) is 12.8 Å². The second kappa shape index (κ2) is 6.25. The molecule has 21 heavy (non-hydrogen) atoms. The van der Waals surface area contributed by atoms with Crippen LogP contribution in [0, 0.1) is 29.6 Å². The molecule has 3 rings (SSSR count). The molecule has 120 valence electrons. The van der Waals surface area contributed by atoms with Gasteiger partial charge in [0.15, 0.2) is 6.29 Å². The predicted molar refractivity (Wildman–Crippen MR) is 78.5 cm³/mol. The summed E-state index contributed by atoms with van der Waals surface area (Å²) in [7, 11) is 0. The van der Waals surface area contributed by atoms with Gasteiger partial charge in [0.05, 0.1) is 19.1 Å². The van der Waals surface area contributed by atoms with Crippen molar-refractivity contribution in [3.05, 3.63) is 0 Å². The Morgan fingerprint density at radius 1 is 1.14 bits per heavy atom. The summed E-state index contributed by atoms with van der Waals surface area (Å²) in [5.41, 5.74) is 0. The monoisotopic (exact) mass is 296 g/mol. The molecular formula is C17H28O4. The van der Waals surface area contributed by atoms with Crippen LogP contribution in [-0.4, -0.2) is 31.6 Å². The third-order valence-electron chi connectivity index (χ3n) is 5.37. The first kappa shape index (κ1) is 15.3.